The van der Waals surface area contributed by atoms with Crippen molar-refractivity contribution in [2.45, 2.75) is 38.5 Å². The Morgan fingerprint density at radius 2 is 2.12 bits per heavy atom. The van der Waals surface area contributed by atoms with Crippen molar-refractivity contribution in [3.05, 3.63) is 27.2 Å². The molecule has 0 bridgehead atoms. The Kier molecular flexibility index (Phi) is 3.50. The van der Waals surface area contributed by atoms with Crippen LogP contribution in [0.4, 0.5) is 0 Å². The number of fused-ring (bicyclic) bond motifs is 1. The van der Waals surface area contributed by atoms with Crippen LogP contribution in [-0.2, 0) is 18.3 Å². The number of benzene rings is 1. The van der Waals surface area contributed by atoms with Gasteiger partial charge in [0.1, 0.15) is 5.75 Å². The van der Waals surface area contributed by atoms with E-state index in [0.717, 1.165) is 28.6 Å². The molecule has 2 rings (SSSR count). The van der Waals surface area contributed by atoms with Gasteiger partial charge in [0.25, 0.3) is 0 Å². The highest BCUT2D eigenvalue weighted by molar-refractivity contribution is 9.10. The molecule has 0 amide bonds. The van der Waals surface area contributed by atoms with Crippen LogP contribution in [0.2, 0.25) is 0 Å². The van der Waals surface area contributed by atoms with Crippen molar-refractivity contribution in [2.75, 3.05) is 13.7 Å². The molecule has 1 aliphatic rings. The number of aliphatic hydroxyl groups is 1. The Morgan fingerprint density at radius 1 is 1.41 bits per heavy atom. The van der Waals surface area contributed by atoms with E-state index in [-0.39, 0.29) is 12.0 Å². The van der Waals surface area contributed by atoms with E-state index >= 15 is 0 Å². The maximum atomic E-state index is 9.54. The first-order valence-corrected chi connectivity index (χ1v) is 6.80. The smallest absolute Gasteiger partial charge is 0.137 e. The molecule has 0 saturated carbocycles. The zero-order valence-electron chi connectivity index (χ0n) is 10.6. The van der Waals surface area contributed by atoms with Crippen LogP contribution in [-0.4, -0.2) is 18.8 Å². The molecular weight excluding hydrogens is 280 g/mol. The Morgan fingerprint density at radius 3 is 2.71 bits per heavy atom. The lowest BCUT2D eigenvalue weighted by atomic mass is 9.83. The van der Waals surface area contributed by atoms with E-state index in [9.17, 15) is 5.11 Å². The quantitative estimate of drug-likeness (QED) is 0.928. The Balaban J connectivity index is 2.64. The summed E-state index contributed by atoms with van der Waals surface area (Å²) in [6.07, 6.45) is 3.46. The van der Waals surface area contributed by atoms with Crippen LogP contribution < -0.4 is 4.74 Å². The topological polar surface area (TPSA) is 29.5 Å². The van der Waals surface area contributed by atoms with Crippen molar-refractivity contribution in [1.82, 2.24) is 0 Å². The molecule has 0 heterocycles. The third-order valence-electron chi connectivity index (χ3n) is 3.62. The van der Waals surface area contributed by atoms with Gasteiger partial charge in [0, 0.05) is 11.0 Å². The Labute approximate surface area is 111 Å². The van der Waals surface area contributed by atoms with Gasteiger partial charge in [-0.15, -0.1) is 0 Å². The molecule has 0 fully saturated rings. The molecule has 94 valence electrons. The zero-order chi connectivity index (χ0) is 12.6. The second-order valence-electron chi connectivity index (χ2n) is 5.30. The van der Waals surface area contributed by atoms with Crippen LogP contribution in [0.3, 0.4) is 0 Å². The van der Waals surface area contributed by atoms with E-state index in [4.69, 9.17) is 4.74 Å². The second kappa shape index (κ2) is 4.62. The van der Waals surface area contributed by atoms with Crippen LogP contribution in [0.5, 0.6) is 5.75 Å². The molecule has 1 aromatic carbocycles. The minimum Gasteiger partial charge on any atom is -0.495 e. The maximum Gasteiger partial charge on any atom is 0.137 e. The number of aliphatic hydroxyl groups excluding tert-OH is 1. The molecule has 0 unspecified atom stereocenters. The van der Waals surface area contributed by atoms with E-state index < -0.39 is 0 Å². The molecule has 0 saturated heterocycles. The van der Waals surface area contributed by atoms with Gasteiger partial charge in [0.05, 0.1) is 18.2 Å². The van der Waals surface area contributed by atoms with E-state index in [1.54, 1.807) is 7.11 Å². The van der Waals surface area contributed by atoms with Crippen molar-refractivity contribution in [2.24, 2.45) is 0 Å². The van der Waals surface area contributed by atoms with Gasteiger partial charge in [-0.05, 0) is 46.3 Å². The molecular formula is C14H19BrO2. The molecule has 3 heteroatoms. The van der Waals surface area contributed by atoms with E-state index in [1.165, 1.54) is 17.5 Å². The van der Waals surface area contributed by atoms with E-state index in [0.29, 0.717) is 0 Å². The SMILES string of the molecule is COc1c(C(C)(C)CO)cc2c(c1Br)CCC2. The Bertz CT molecular complexity index is 438. The zero-order valence-corrected chi connectivity index (χ0v) is 12.2. The normalized spacial score (nSPS) is 14.9. The first-order chi connectivity index (χ1) is 8.01. The molecule has 0 radical (unpaired) electrons. The third kappa shape index (κ3) is 2.11. The third-order valence-corrected chi connectivity index (χ3v) is 4.46. The Hall–Kier alpha value is -0.540. The standard InChI is InChI=1S/C14H19BrO2/c1-14(2,8-16)11-7-9-5-4-6-10(9)12(15)13(11)17-3/h7,16H,4-6,8H2,1-3H3. The molecule has 0 spiro atoms. The summed E-state index contributed by atoms with van der Waals surface area (Å²) in [5, 5.41) is 9.54. The molecule has 0 atom stereocenters. The molecule has 0 aliphatic heterocycles. The molecule has 1 aromatic rings. The molecule has 0 aromatic heterocycles. The van der Waals surface area contributed by atoms with Gasteiger partial charge in [-0.25, -0.2) is 0 Å². The highest BCUT2D eigenvalue weighted by Crippen LogP contribution is 2.43. The van der Waals surface area contributed by atoms with Crippen molar-refractivity contribution >= 4 is 15.9 Å². The van der Waals surface area contributed by atoms with Gasteiger partial charge in [-0.3, -0.25) is 0 Å². The van der Waals surface area contributed by atoms with Crippen LogP contribution in [0, 0.1) is 0 Å². The monoisotopic (exact) mass is 298 g/mol. The average molecular weight is 299 g/mol. The number of ether oxygens (including phenoxy) is 1. The number of aryl methyl sites for hydroxylation is 1. The van der Waals surface area contributed by atoms with Crippen LogP contribution >= 0.6 is 15.9 Å². The maximum absolute atomic E-state index is 9.54. The lowest BCUT2D eigenvalue weighted by molar-refractivity contribution is 0.214. The van der Waals surface area contributed by atoms with E-state index in [2.05, 4.69) is 22.0 Å². The molecule has 2 nitrogen and oxygen atoms in total. The largest absolute Gasteiger partial charge is 0.495 e. The number of rotatable bonds is 3. The predicted molar refractivity (Wildman–Crippen MR) is 72.8 cm³/mol. The van der Waals surface area contributed by atoms with E-state index in [1.807, 2.05) is 13.8 Å². The van der Waals surface area contributed by atoms with Crippen molar-refractivity contribution in [3.8, 4) is 5.75 Å². The summed E-state index contributed by atoms with van der Waals surface area (Å²) in [6, 6.07) is 2.21. The predicted octanol–water partition coefficient (Wildman–Crippen LogP) is 3.22. The van der Waals surface area contributed by atoms with Crippen LogP contribution in [0.15, 0.2) is 10.5 Å². The summed E-state index contributed by atoms with van der Waals surface area (Å²) >= 11 is 3.66. The fourth-order valence-corrected chi connectivity index (χ4v) is 3.29. The second-order valence-corrected chi connectivity index (χ2v) is 6.10. The summed E-state index contributed by atoms with van der Waals surface area (Å²) in [5.41, 5.74) is 3.59. The average Bonchev–Trinajstić information content (AvgIpc) is 2.77. The van der Waals surface area contributed by atoms with Gasteiger partial charge in [0.15, 0.2) is 0 Å². The van der Waals surface area contributed by atoms with Gasteiger partial charge in [-0.1, -0.05) is 19.9 Å². The number of halogens is 1. The van der Waals surface area contributed by atoms with Crippen molar-refractivity contribution in [1.29, 1.82) is 0 Å². The van der Waals surface area contributed by atoms with Gasteiger partial charge in [0.2, 0.25) is 0 Å². The summed E-state index contributed by atoms with van der Waals surface area (Å²) in [6.45, 7) is 4.20. The highest BCUT2D eigenvalue weighted by Gasteiger charge is 2.29. The number of hydrogen-bond acceptors (Lipinski definition) is 2. The van der Waals surface area contributed by atoms with Gasteiger partial charge >= 0.3 is 0 Å². The van der Waals surface area contributed by atoms with Crippen LogP contribution in [0.1, 0.15) is 37.0 Å². The van der Waals surface area contributed by atoms with Crippen molar-refractivity contribution < 1.29 is 9.84 Å². The fourth-order valence-electron chi connectivity index (χ4n) is 2.46. The lowest BCUT2D eigenvalue weighted by Gasteiger charge is -2.26. The van der Waals surface area contributed by atoms with Crippen LogP contribution in [0.25, 0.3) is 0 Å². The van der Waals surface area contributed by atoms with Gasteiger partial charge < -0.3 is 9.84 Å². The highest BCUT2D eigenvalue weighted by atomic mass is 79.9. The molecule has 17 heavy (non-hydrogen) atoms. The first kappa shape index (κ1) is 12.9. The minimum atomic E-state index is -0.272. The van der Waals surface area contributed by atoms with Gasteiger partial charge in [-0.2, -0.15) is 0 Å². The first-order valence-electron chi connectivity index (χ1n) is 6.01. The summed E-state index contributed by atoms with van der Waals surface area (Å²) < 4.78 is 6.61. The minimum absolute atomic E-state index is 0.120. The summed E-state index contributed by atoms with van der Waals surface area (Å²) in [4.78, 5) is 0. The lowest BCUT2D eigenvalue weighted by Crippen LogP contribution is -2.23. The fraction of sp³-hybridized carbons (Fsp3) is 0.571. The summed E-state index contributed by atoms with van der Waals surface area (Å²) in [7, 11) is 1.69. The number of methoxy groups -OCH3 is 1. The molecule has 1 N–H and O–H groups in total. The summed E-state index contributed by atoms with van der Waals surface area (Å²) in [5.74, 6) is 0.879. The molecule has 1 aliphatic carbocycles. The van der Waals surface area contributed by atoms with Crippen molar-refractivity contribution in [3.63, 3.8) is 0 Å². The number of hydrogen-bond donors (Lipinski definition) is 1.